The third-order valence-corrected chi connectivity index (χ3v) is 2.27. The number of piperidine rings is 1. The van der Waals surface area contributed by atoms with Crippen LogP contribution in [0.25, 0.3) is 0 Å². The topological polar surface area (TPSA) is 57.6 Å². The van der Waals surface area contributed by atoms with Gasteiger partial charge < -0.3 is 10.0 Å². The summed E-state index contributed by atoms with van der Waals surface area (Å²) in [6, 6.07) is 0. The molecule has 0 saturated carbocycles. The van der Waals surface area contributed by atoms with Crippen molar-refractivity contribution in [2.24, 2.45) is 0 Å². The minimum absolute atomic E-state index is 0.0257. The molecular formula is C9H14FNO3. The van der Waals surface area contributed by atoms with Crippen molar-refractivity contribution in [1.29, 1.82) is 0 Å². The second kappa shape index (κ2) is 4.93. The maximum Gasteiger partial charge on any atom is 0.303 e. The number of amides is 1. The first-order valence-electron chi connectivity index (χ1n) is 4.73. The van der Waals surface area contributed by atoms with Crippen LogP contribution >= 0.6 is 0 Å². The number of carboxylic acid groups (broad SMARTS) is 1. The highest BCUT2D eigenvalue weighted by Gasteiger charge is 2.23. The molecule has 1 heterocycles. The lowest BCUT2D eigenvalue weighted by molar-refractivity contribution is -0.141. The second-order valence-corrected chi connectivity index (χ2v) is 3.47. The molecule has 0 radical (unpaired) electrons. The zero-order chi connectivity index (χ0) is 10.6. The molecule has 0 spiro atoms. The fraction of sp³-hybridized carbons (Fsp3) is 0.778. The Kier molecular flexibility index (Phi) is 3.85. The van der Waals surface area contributed by atoms with Gasteiger partial charge in [-0.25, -0.2) is 4.39 Å². The average molecular weight is 203 g/mol. The second-order valence-electron chi connectivity index (χ2n) is 3.47. The number of rotatable bonds is 3. The molecule has 1 aliphatic heterocycles. The van der Waals surface area contributed by atoms with E-state index in [0.29, 0.717) is 19.4 Å². The summed E-state index contributed by atoms with van der Waals surface area (Å²) in [4.78, 5) is 23.0. The van der Waals surface area contributed by atoms with E-state index in [0.717, 1.165) is 0 Å². The first-order chi connectivity index (χ1) is 6.59. The predicted molar refractivity (Wildman–Crippen MR) is 47.6 cm³/mol. The predicted octanol–water partition coefficient (Wildman–Crippen LogP) is 0.812. The lowest BCUT2D eigenvalue weighted by Gasteiger charge is -2.28. The number of alkyl halides is 1. The van der Waals surface area contributed by atoms with Crippen LogP contribution in [0.5, 0.6) is 0 Å². The fourth-order valence-corrected chi connectivity index (χ4v) is 1.52. The van der Waals surface area contributed by atoms with Crippen molar-refractivity contribution in [2.45, 2.75) is 31.9 Å². The largest absolute Gasteiger partial charge is 0.481 e. The molecule has 1 unspecified atom stereocenters. The van der Waals surface area contributed by atoms with E-state index in [2.05, 4.69) is 0 Å². The standard InChI is InChI=1S/C9H14FNO3/c10-7-2-1-5-11(6-7)8(12)3-4-9(13)14/h7H,1-6H2,(H,13,14). The van der Waals surface area contributed by atoms with Gasteiger partial charge in [-0.05, 0) is 12.8 Å². The van der Waals surface area contributed by atoms with E-state index in [9.17, 15) is 14.0 Å². The quantitative estimate of drug-likeness (QED) is 0.738. The summed E-state index contributed by atoms with van der Waals surface area (Å²) in [6.07, 6.45) is 0.0225. The highest BCUT2D eigenvalue weighted by atomic mass is 19.1. The van der Waals surface area contributed by atoms with E-state index in [4.69, 9.17) is 5.11 Å². The van der Waals surface area contributed by atoms with E-state index < -0.39 is 12.1 Å². The van der Waals surface area contributed by atoms with Gasteiger partial charge in [0, 0.05) is 13.0 Å². The Morgan fingerprint density at radius 3 is 2.71 bits per heavy atom. The third-order valence-electron chi connectivity index (χ3n) is 2.27. The molecule has 0 aromatic carbocycles. The Labute approximate surface area is 81.7 Å². The number of carbonyl (C=O) groups is 2. The molecule has 1 fully saturated rings. The summed E-state index contributed by atoms with van der Waals surface area (Å²) in [5.74, 6) is -1.25. The van der Waals surface area contributed by atoms with Crippen molar-refractivity contribution in [3.8, 4) is 0 Å². The summed E-state index contributed by atoms with van der Waals surface area (Å²) < 4.78 is 12.9. The van der Waals surface area contributed by atoms with Crippen molar-refractivity contribution in [3.63, 3.8) is 0 Å². The van der Waals surface area contributed by atoms with E-state index >= 15 is 0 Å². The first kappa shape index (κ1) is 10.9. The lowest BCUT2D eigenvalue weighted by atomic mass is 10.1. The maximum atomic E-state index is 12.9. The summed E-state index contributed by atoms with van der Waals surface area (Å²) in [7, 11) is 0. The molecule has 1 amide bonds. The van der Waals surface area contributed by atoms with Crippen molar-refractivity contribution in [2.75, 3.05) is 13.1 Å². The molecule has 5 heteroatoms. The highest BCUT2D eigenvalue weighted by molar-refractivity contribution is 5.80. The van der Waals surface area contributed by atoms with Crippen LogP contribution in [0.3, 0.4) is 0 Å². The molecule has 0 aliphatic carbocycles. The Morgan fingerprint density at radius 2 is 2.14 bits per heavy atom. The Hall–Kier alpha value is -1.13. The van der Waals surface area contributed by atoms with E-state index in [1.54, 1.807) is 0 Å². The third kappa shape index (κ3) is 3.32. The molecule has 80 valence electrons. The van der Waals surface area contributed by atoms with E-state index in [-0.39, 0.29) is 25.3 Å². The van der Waals surface area contributed by atoms with Gasteiger partial charge in [-0.15, -0.1) is 0 Å². The minimum atomic E-state index is -0.993. The normalized spacial score (nSPS) is 22.1. The number of carboxylic acids is 1. The smallest absolute Gasteiger partial charge is 0.303 e. The van der Waals surface area contributed by atoms with Crippen LogP contribution in [0.4, 0.5) is 4.39 Å². The van der Waals surface area contributed by atoms with Gasteiger partial charge in [0.2, 0.25) is 5.91 Å². The Balaban J connectivity index is 2.32. The molecule has 1 atom stereocenters. The van der Waals surface area contributed by atoms with E-state index in [1.165, 1.54) is 4.90 Å². The zero-order valence-electron chi connectivity index (χ0n) is 7.91. The molecule has 1 N–H and O–H groups in total. The van der Waals surface area contributed by atoms with Crippen LogP contribution in [-0.2, 0) is 9.59 Å². The Morgan fingerprint density at radius 1 is 1.43 bits per heavy atom. The summed E-state index contributed by atoms with van der Waals surface area (Å²) in [5.41, 5.74) is 0. The van der Waals surface area contributed by atoms with Gasteiger partial charge in [0.05, 0.1) is 13.0 Å². The molecule has 0 aromatic rings. The van der Waals surface area contributed by atoms with E-state index in [1.807, 2.05) is 0 Å². The van der Waals surface area contributed by atoms with Crippen LogP contribution in [-0.4, -0.2) is 41.1 Å². The number of hydrogen-bond acceptors (Lipinski definition) is 2. The van der Waals surface area contributed by atoms with Crippen molar-refractivity contribution < 1.29 is 19.1 Å². The number of halogens is 1. The molecular weight excluding hydrogens is 189 g/mol. The van der Waals surface area contributed by atoms with Crippen LogP contribution in [0, 0.1) is 0 Å². The van der Waals surface area contributed by atoms with Crippen LogP contribution in [0.15, 0.2) is 0 Å². The number of nitrogens with zero attached hydrogens (tertiary/aromatic N) is 1. The number of carbonyl (C=O) groups excluding carboxylic acids is 1. The molecule has 1 saturated heterocycles. The summed E-state index contributed by atoms with van der Waals surface area (Å²) in [6.45, 7) is 0.678. The molecule has 4 nitrogen and oxygen atoms in total. The molecule has 1 aliphatic rings. The number of hydrogen-bond donors (Lipinski definition) is 1. The fourth-order valence-electron chi connectivity index (χ4n) is 1.52. The number of likely N-dealkylation sites (tertiary alicyclic amines) is 1. The van der Waals surface area contributed by atoms with Crippen molar-refractivity contribution in [1.82, 2.24) is 4.90 Å². The van der Waals surface area contributed by atoms with Crippen molar-refractivity contribution in [3.05, 3.63) is 0 Å². The van der Waals surface area contributed by atoms with Gasteiger partial charge in [-0.2, -0.15) is 0 Å². The van der Waals surface area contributed by atoms with Crippen LogP contribution in [0.2, 0.25) is 0 Å². The maximum absolute atomic E-state index is 12.9. The minimum Gasteiger partial charge on any atom is -0.481 e. The number of aliphatic carboxylic acids is 1. The van der Waals surface area contributed by atoms with Crippen LogP contribution in [0.1, 0.15) is 25.7 Å². The van der Waals surface area contributed by atoms with Gasteiger partial charge in [-0.1, -0.05) is 0 Å². The van der Waals surface area contributed by atoms with Gasteiger partial charge in [-0.3, -0.25) is 9.59 Å². The highest BCUT2D eigenvalue weighted by Crippen LogP contribution is 2.14. The SMILES string of the molecule is O=C(O)CCC(=O)N1CCCC(F)C1. The van der Waals surface area contributed by atoms with Gasteiger partial charge in [0.1, 0.15) is 6.17 Å². The first-order valence-corrected chi connectivity index (χ1v) is 4.73. The van der Waals surface area contributed by atoms with Gasteiger partial charge in [0.25, 0.3) is 0 Å². The van der Waals surface area contributed by atoms with Gasteiger partial charge in [0.15, 0.2) is 0 Å². The van der Waals surface area contributed by atoms with Crippen molar-refractivity contribution >= 4 is 11.9 Å². The molecule has 1 rings (SSSR count). The molecule has 0 bridgehead atoms. The summed E-state index contributed by atoms with van der Waals surface area (Å²) >= 11 is 0. The Bertz CT molecular complexity index is 232. The van der Waals surface area contributed by atoms with Gasteiger partial charge >= 0.3 is 5.97 Å². The molecule has 14 heavy (non-hydrogen) atoms. The average Bonchev–Trinajstić information content (AvgIpc) is 2.14. The lowest BCUT2D eigenvalue weighted by Crippen LogP contribution is -2.40. The van der Waals surface area contributed by atoms with Crippen LogP contribution < -0.4 is 0 Å². The molecule has 0 aromatic heterocycles. The zero-order valence-corrected chi connectivity index (χ0v) is 7.91. The monoisotopic (exact) mass is 203 g/mol. The summed E-state index contributed by atoms with van der Waals surface area (Å²) in [5, 5.41) is 8.37.